The second-order valence-electron chi connectivity index (χ2n) is 9.39. The molecule has 1 N–H and O–H groups in total. The molecule has 5 nitrogen and oxygen atoms in total. The normalized spacial score (nSPS) is 14.0. The molecule has 0 fully saturated rings. The van der Waals surface area contributed by atoms with E-state index in [9.17, 15) is 22.8 Å². The number of furan rings is 1. The van der Waals surface area contributed by atoms with E-state index < -0.39 is 17.2 Å². The number of hydrogen-bond donors (Lipinski definition) is 1. The average molecular weight is 470 g/mol. The molecule has 0 bridgehead atoms. The minimum absolute atomic E-state index is 0.0773. The number of nitrogens with zero attached hydrogens (tertiary/aromatic N) is 1. The standard InChI is InChI=1S/C26H25F3N2O3/c1-25(2,3)24(33)30-20-10-6-16(7-11-20)22-14-18-15-31(13-12-21(18)34-22)23(32)17-4-8-19(9-5-17)26(27,28)29/h4-11,14H,12-13,15H2,1-3H3,(H,30,33). The Morgan fingerprint density at radius 3 is 2.21 bits per heavy atom. The van der Waals surface area contributed by atoms with Crippen LogP contribution in [0.5, 0.6) is 0 Å². The van der Waals surface area contributed by atoms with Gasteiger partial charge < -0.3 is 14.6 Å². The maximum atomic E-state index is 12.8. The molecule has 8 heteroatoms. The summed E-state index contributed by atoms with van der Waals surface area (Å²) in [6.45, 7) is 6.26. The fraction of sp³-hybridized carbons (Fsp3) is 0.308. The van der Waals surface area contributed by atoms with Gasteiger partial charge >= 0.3 is 6.18 Å². The smallest absolute Gasteiger partial charge is 0.416 e. The van der Waals surface area contributed by atoms with E-state index in [0.717, 1.165) is 29.0 Å². The molecule has 0 saturated heterocycles. The monoisotopic (exact) mass is 470 g/mol. The lowest BCUT2D eigenvalue weighted by Crippen LogP contribution is -2.35. The predicted molar refractivity (Wildman–Crippen MR) is 122 cm³/mol. The van der Waals surface area contributed by atoms with Gasteiger partial charge in [0.25, 0.3) is 5.91 Å². The highest BCUT2D eigenvalue weighted by molar-refractivity contribution is 5.95. The second-order valence-corrected chi connectivity index (χ2v) is 9.39. The topological polar surface area (TPSA) is 62.6 Å². The molecule has 4 rings (SSSR count). The van der Waals surface area contributed by atoms with Crippen molar-refractivity contribution in [2.75, 3.05) is 11.9 Å². The van der Waals surface area contributed by atoms with E-state index >= 15 is 0 Å². The summed E-state index contributed by atoms with van der Waals surface area (Å²) in [4.78, 5) is 26.6. The van der Waals surface area contributed by atoms with Crippen LogP contribution in [0.15, 0.2) is 59.0 Å². The van der Waals surface area contributed by atoms with E-state index in [1.807, 2.05) is 39.0 Å². The molecule has 0 unspecified atom stereocenters. The maximum Gasteiger partial charge on any atom is 0.416 e. The Hall–Kier alpha value is -3.55. The highest BCUT2D eigenvalue weighted by Gasteiger charge is 2.31. The zero-order valence-corrected chi connectivity index (χ0v) is 19.1. The van der Waals surface area contributed by atoms with E-state index in [1.165, 1.54) is 12.1 Å². The van der Waals surface area contributed by atoms with Gasteiger partial charge in [0.05, 0.1) is 5.56 Å². The number of fused-ring (bicyclic) bond motifs is 1. The van der Waals surface area contributed by atoms with Crippen molar-refractivity contribution < 1.29 is 27.2 Å². The van der Waals surface area contributed by atoms with Crippen molar-refractivity contribution in [3.8, 4) is 11.3 Å². The molecule has 0 radical (unpaired) electrons. The molecular formula is C26H25F3N2O3. The minimum atomic E-state index is -4.44. The summed E-state index contributed by atoms with van der Waals surface area (Å²) in [6.07, 6.45) is -3.92. The number of anilines is 1. The molecule has 1 aliphatic rings. The van der Waals surface area contributed by atoms with Crippen LogP contribution in [0.4, 0.5) is 18.9 Å². The number of nitrogens with one attached hydrogen (secondary N) is 1. The number of hydrogen-bond acceptors (Lipinski definition) is 3. The first-order chi connectivity index (χ1) is 15.9. The SMILES string of the molecule is CC(C)(C)C(=O)Nc1ccc(-c2cc3c(o2)CCN(C(=O)c2ccc(C(F)(F)F)cc2)C3)cc1. The van der Waals surface area contributed by atoms with Gasteiger partial charge in [-0.2, -0.15) is 13.2 Å². The molecule has 178 valence electrons. The second kappa shape index (κ2) is 8.66. The fourth-order valence-corrected chi connectivity index (χ4v) is 3.67. The lowest BCUT2D eigenvalue weighted by molar-refractivity contribution is -0.137. The third kappa shape index (κ3) is 5.00. The Morgan fingerprint density at radius 1 is 0.971 bits per heavy atom. The molecule has 0 saturated carbocycles. The predicted octanol–water partition coefficient (Wildman–Crippen LogP) is 6.15. The summed E-state index contributed by atoms with van der Waals surface area (Å²) in [5.41, 5.74) is 1.33. The van der Waals surface area contributed by atoms with E-state index in [2.05, 4.69) is 5.32 Å². The van der Waals surface area contributed by atoms with E-state index in [0.29, 0.717) is 31.0 Å². The quantitative estimate of drug-likeness (QED) is 0.500. The molecule has 1 aromatic heterocycles. The molecule has 1 aliphatic heterocycles. The Labute approximate surface area is 195 Å². The van der Waals surface area contributed by atoms with Gasteiger partial charge in [-0.3, -0.25) is 9.59 Å². The number of carbonyl (C=O) groups is 2. The first-order valence-electron chi connectivity index (χ1n) is 10.9. The number of amides is 2. The molecule has 0 aliphatic carbocycles. The number of alkyl halides is 3. The van der Waals surface area contributed by atoms with Crippen molar-refractivity contribution in [3.63, 3.8) is 0 Å². The van der Waals surface area contributed by atoms with Gasteiger partial charge in [0, 0.05) is 47.3 Å². The summed E-state index contributed by atoms with van der Waals surface area (Å²) in [6, 6.07) is 13.5. The van der Waals surface area contributed by atoms with Gasteiger partial charge in [0.1, 0.15) is 11.5 Å². The number of carbonyl (C=O) groups excluding carboxylic acids is 2. The van der Waals surface area contributed by atoms with Crippen molar-refractivity contribution in [3.05, 3.63) is 77.0 Å². The molecule has 34 heavy (non-hydrogen) atoms. The Kier molecular flexibility index (Phi) is 6.02. The van der Waals surface area contributed by atoms with E-state index in [-0.39, 0.29) is 17.4 Å². The van der Waals surface area contributed by atoms with Gasteiger partial charge in [0.2, 0.25) is 5.91 Å². The number of benzene rings is 2. The summed E-state index contributed by atoms with van der Waals surface area (Å²) >= 11 is 0. The van der Waals surface area contributed by atoms with Crippen LogP contribution in [0.25, 0.3) is 11.3 Å². The molecule has 2 amide bonds. The Morgan fingerprint density at radius 2 is 1.62 bits per heavy atom. The molecule has 3 aromatic rings. The van der Waals surface area contributed by atoms with Crippen LogP contribution in [-0.2, 0) is 23.9 Å². The largest absolute Gasteiger partial charge is 0.461 e. The zero-order chi connectivity index (χ0) is 24.7. The van der Waals surface area contributed by atoms with Gasteiger partial charge in [0.15, 0.2) is 0 Å². The fourth-order valence-electron chi connectivity index (χ4n) is 3.67. The maximum absolute atomic E-state index is 12.8. The third-order valence-corrected chi connectivity index (χ3v) is 5.72. The van der Waals surface area contributed by atoms with Crippen LogP contribution in [0.1, 0.15) is 48.0 Å². The van der Waals surface area contributed by atoms with Gasteiger partial charge in [-0.1, -0.05) is 20.8 Å². The van der Waals surface area contributed by atoms with Crippen LogP contribution in [0.3, 0.4) is 0 Å². The Bertz CT molecular complexity index is 1200. The molecule has 2 aromatic carbocycles. The zero-order valence-electron chi connectivity index (χ0n) is 19.1. The highest BCUT2D eigenvalue weighted by atomic mass is 19.4. The van der Waals surface area contributed by atoms with Crippen molar-refractivity contribution in [1.29, 1.82) is 0 Å². The van der Waals surface area contributed by atoms with Gasteiger partial charge in [-0.05, 0) is 54.6 Å². The van der Waals surface area contributed by atoms with Crippen LogP contribution in [-0.4, -0.2) is 23.3 Å². The van der Waals surface area contributed by atoms with Gasteiger partial charge in [-0.25, -0.2) is 0 Å². The van der Waals surface area contributed by atoms with E-state index in [1.54, 1.807) is 17.0 Å². The lowest BCUT2D eigenvalue weighted by Gasteiger charge is -2.26. The Balaban J connectivity index is 1.45. The van der Waals surface area contributed by atoms with Gasteiger partial charge in [-0.15, -0.1) is 0 Å². The molecule has 0 atom stereocenters. The molecule has 2 heterocycles. The third-order valence-electron chi connectivity index (χ3n) is 5.72. The summed E-state index contributed by atoms with van der Waals surface area (Å²) in [7, 11) is 0. The lowest BCUT2D eigenvalue weighted by atomic mass is 9.95. The van der Waals surface area contributed by atoms with Crippen LogP contribution in [0.2, 0.25) is 0 Å². The van der Waals surface area contributed by atoms with Crippen molar-refractivity contribution in [1.82, 2.24) is 4.90 Å². The van der Waals surface area contributed by atoms with Crippen LogP contribution < -0.4 is 5.32 Å². The minimum Gasteiger partial charge on any atom is -0.461 e. The summed E-state index contributed by atoms with van der Waals surface area (Å²) < 4.78 is 44.4. The number of rotatable bonds is 3. The first kappa shape index (κ1) is 23.6. The highest BCUT2D eigenvalue weighted by Crippen LogP contribution is 2.32. The van der Waals surface area contributed by atoms with Crippen molar-refractivity contribution in [2.24, 2.45) is 5.41 Å². The van der Waals surface area contributed by atoms with E-state index in [4.69, 9.17) is 4.42 Å². The van der Waals surface area contributed by atoms with Crippen LogP contribution >= 0.6 is 0 Å². The summed E-state index contributed by atoms with van der Waals surface area (Å²) in [5.74, 6) is 1.05. The van der Waals surface area contributed by atoms with Crippen molar-refractivity contribution >= 4 is 17.5 Å². The van der Waals surface area contributed by atoms with Crippen LogP contribution in [0, 0.1) is 5.41 Å². The molecular weight excluding hydrogens is 445 g/mol. The number of halogens is 3. The summed E-state index contributed by atoms with van der Waals surface area (Å²) in [5, 5.41) is 2.88. The first-order valence-corrected chi connectivity index (χ1v) is 10.9. The average Bonchev–Trinajstić information content (AvgIpc) is 3.21. The van der Waals surface area contributed by atoms with Crippen molar-refractivity contribution in [2.45, 2.75) is 39.9 Å². The molecule has 0 spiro atoms.